The Bertz CT molecular complexity index is 1200. The predicted octanol–water partition coefficient (Wildman–Crippen LogP) is 6.51. The first-order chi connectivity index (χ1) is 14.9. The first-order valence-corrected chi connectivity index (χ1v) is 10.6. The SMILES string of the molecule is COc1ccc(-c2ccc(C(C)(C)C)cc2)c2c(OC)c3c(c(OC)c12)[C@@H]1C=C[C@H]3O1. The first kappa shape index (κ1) is 20.0. The van der Waals surface area contributed by atoms with Crippen LogP contribution < -0.4 is 14.2 Å². The summed E-state index contributed by atoms with van der Waals surface area (Å²) in [4.78, 5) is 0. The molecule has 4 heteroatoms. The third-order valence-electron chi connectivity index (χ3n) is 6.41. The van der Waals surface area contributed by atoms with E-state index in [0.717, 1.165) is 50.3 Å². The van der Waals surface area contributed by atoms with E-state index in [1.165, 1.54) is 5.56 Å². The van der Waals surface area contributed by atoms with Crippen molar-refractivity contribution in [3.63, 3.8) is 0 Å². The summed E-state index contributed by atoms with van der Waals surface area (Å²) >= 11 is 0. The molecular weight excluding hydrogens is 388 g/mol. The molecule has 160 valence electrons. The van der Waals surface area contributed by atoms with E-state index in [9.17, 15) is 0 Å². The van der Waals surface area contributed by atoms with Gasteiger partial charge < -0.3 is 18.9 Å². The van der Waals surface area contributed by atoms with Crippen molar-refractivity contribution in [1.82, 2.24) is 0 Å². The second kappa shape index (κ2) is 7.03. The average molecular weight is 417 g/mol. The molecule has 0 fully saturated rings. The summed E-state index contributed by atoms with van der Waals surface area (Å²) in [6.45, 7) is 6.68. The summed E-state index contributed by atoms with van der Waals surface area (Å²) in [6.07, 6.45) is 3.95. The number of rotatable bonds is 4. The zero-order valence-electron chi connectivity index (χ0n) is 18.9. The number of hydrogen-bond acceptors (Lipinski definition) is 4. The highest BCUT2D eigenvalue weighted by Gasteiger charge is 2.41. The van der Waals surface area contributed by atoms with Gasteiger partial charge in [0.15, 0.2) is 0 Å². The third-order valence-corrected chi connectivity index (χ3v) is 6.41. The van der Waals surface area contributed by atoms with Gasteiger partial charge in [-0.2, -0.15) is 0 Å². The average Bonchev–Trinajstić information content (AvgIpc) is 3.39. The van der Waals surface area contributed by atoms with Crippen molar-refractivity contribution in [3.05, 3.63) is 65.2 Å². The molecular formula is C27H28O4. The maximum Gasteiger partial charge on any atom is 0.137 e. The summed E-state index contributed by atoms with van der Waals surface area (Å²) in [5.74, 6) is 2.39. The van der Waals surface area contributed by atoms with E-state index >= 15 is 0 Å². The second-order valence-electron chi connectivity index (χ2n) is 9.15. The van der Waals surface area contributed by atoms with Crippen molar-refractivity contribution in [2.75, 3.05) is 21.3 Å². The van der Waals surface area contributed by atoms with Gasteiger partial charge in [0.1, 0.15) is 29.5 Å². The lowest BCUT2D eigenvalue weighted by Gasteiger charge is -2.23. The second-order valence-corrected chi connectivity index (χ2v) is 9.15. The molecule has 0 amide bonds. The van der Waals surface area contributed by atoms with Gasteiger partial charge in [0, 0.05) is 16.5 Å². The summed E-state index contributed by atoms with van der Waals surface area (Å²) in [6, 6.07) is 12.9. The molecule has 3 aromatic rings. The lowest BCUT2D eigenvalue weighted by atomic mass is 9.84. The Morgan fingerprint density at radius 3 is 1.81 bits per heavy atom. The third kappa shape index (κ3) is 2.85. The van der Waals surface area contributed by atoms with Crippen molar-refractivity contribution >= 4 is 10.8 Å². The van der Waals surface area contributed by atoms with E-state index in [2.05, 4.69) is 63.3 Å². The lowest BCUT2D eigenvalue weighted by molar-refractivity contribution is 0.0862. The van der Waals surface area contributed by atoms with E-state index in [1.54, 1.807) is 21.3 Å². The molecule has 0 radical (unpaired) electrons. The zero-order valence-corrected chi connectivity index (χ0v) is 18.9. The van der Waals surface area contributed by atoms with Crippen LogP contribution in [0.2, 0.25) is 0 Å². The van der Waals surface area contributed by atoms with Crippen LogP contribution in [0.1, 0.15) is 49.7 Å². The molecule has 2 heterocycles. The normalized spacial score (nSPS) is 19.0. The highest BCUT2D eigenvalue weighted by molar-refractivity contribution is 6.09. The Hall–Kier alpha value is -2.98. The summed E-state index contributed by atoms with van der Waals surface area (Å²) in [7, 11) is 5.12. The number of hydrogen-bond donors (Lipinski definition) is 0. The minimum absolute atomic E-state index is 0.102. The van der Waals surface area contributed by atoms with Gasteiger partial charge in [-0.15, -0.1) is 0 Å². The Morgan fingerprint density at radius 2 is 1.29 bits per heavy atom. The first-order valence-electron chi connectivity index (χ1n) is 10.6. The summed E-state index contributed by atoms with van der Waals surface area (Å²) < 4.78 is 23.9. The van der Waals surface area contributed by atoms with Gasteiger partial charge in [0.25, 0.3) is 0 Å². The van der Waals surface area contributed by atoms with Gasteiger partial charge in [-0.1, -0.05) is 57.2 Å². The maximum atomic E-state index is 6.16. The maximum absolute atomic E-state index is 6.16. The molecule has 0 aromatic heterocycles. The molecule has 2 aliphatic rings. The van der Waals surface area contributed by atoms with Crippen molar-refractivity contribution in [3.8, 4) is 28.4 Å². The number of benzene rings is 3. The van der Waals surface area contributed by atoms with Crippen molar-refractivity contribution < 1.29 is 18.9 Å². The Kier molecular flexibility index (Phi) is 4.52. The van der Waals surface area contributed by atoms with Crippen LogP contribution in [0.3, 0.4) is 0 Å². The zero-order chi connectivity index (χ0) is 21.9. The summed E-state index contributed by atoms with van der Waals surface area (Å²) in [5.41, 5.74) is 5.71. The van der Waals surface area contributed by atoms with E-state index < -0.39 is 0 Å². The highest BCUT2D eigenvalue weighted by Crippen LogP contribution is 2.59. The molecule has 2 atom stereocenters. The highest BCUT2D eigenvalue weighted by atomic mass is 16.5. The predicted molar refractivity (Wildman–Crippen MR) is 123 cm³/mol. The minimum Gasteiger partial charge on any atom is -0.496 e. The quantitative estimate of drug-likeness (QED) is 0.454. The molecule has 5 rings (SSSR count). The van der Waals surface area contributed by atoms with Gasteiger partial charge in [0.05, 0.1) is 26.7 Å². The van der Waals surface area contributed by atoms with Crippen LogP contribution in [0.25, 0.3) is 21.9 Å². The van der Waals surface area contributed by atoms with Crippen LogP contribution in [0, 0.1) is 0 Å². The van der Waals surface area contributed by atoms with E-state index in [-0.39, 0.29) is 17.6 Å². The Labute approximate surface area is 183 Å². The molecule has 31 heavy (non-hydrogen) atoms. The molecule has 0 unspecified atom stereocenters. The number of ether oxygens (including phenoxy) is 4. The standard InChI is InChI=1S/C27H28O4/c1-27(2,3)16-9-7-15(8-10-16)17-11-12-18(28-4)22-21(17)25(29-5)23-19-13-14-20(31-19)24(23)26(22)30-6/h7-14,19-20H,1-6H3/t19-,20+/m1/s1. The number of fused-ring (bicyclic) bond motifs is 6. The van der Waals surface area contributed by atoms with Crippen LogP contribution in [0.15, 0.2) is 48.6 Å². The van der Waals surface area contributed by atoms with E-state index in [4.69, 9.17) is 18.9 Å². The Balaban J connectivity index is 1.85. The molecule has 2 bridgehead atoms. The van der Waals surface area contributed by atoms with Gasteiger partial charge in [0.2, 0.25) is 0 Å². The topological polar surface area (TPSA) is 36.9 Å². The van der Waals surface area contributed by atoms with Gasteiger partial charge in [-0.25, -0.2) is 0 Å². The minimum atomic E-state index is -0.118. The summed E-state index contributed by atoms with van der Waals surface area (Å²) in [5, 5.41) is 1.91. The lowest BCUT2D eigenvalue weighted by Crippen LogP contribution is -2.10. The van der Waals surface area contributed by atoms with Gasteiger partial charge in [-0.3, -0.25) is 0 Å². The number of methoxy groups -OCH3 is 3. The van der Waals surface area contributed by atoms with Gasteiger partial charge in [-0.05, 0) is 34.2 Å². The fourth-order valence-electron chi connectivity index (χ4n) is 4.89. The Morgan fingerprint density at radius 1 is 0.710 bits per heavy atom. The monoisotopic (exact) mass is 416 g/mol. The molecule has 2 aliphatic heterocycles. The van der Waals surface area contributed by atoms with Crippen molar-refractivity contribution in [2.45, 2.75) is 38.4 Å². The molecule has 4 nitrogen and oxygen atoms in total. The largest absolute Gasteiger partial charge is 0.496 e. The molecule has 0 spiro atoms. The van der Waals surface area contributed by atoms with Crippen LogP contribution >= 0.6 is 0 Å². The van der Waals surface area contributed by atoms with Crippen LogP contribution in [-0.4, -0.2) is 21.3 Å². The van der Waals surface area contributed by atoms with Gasteiger partial charge >= 0.3 is 0 Å². The molecule has 0 saturated carbocycles. The van der Waals surface area contributed by atoms with Crippen LogP contribution in [0.5, 0.6) is 17.2 Å². The smallest absolute Gasteiger partial charge is 0.137 e. The molecule has 0 saturated heterocycles. The fourth-order valence-corrected chi connectivity index (χ4v) is 4.89. The molecule has 3 aromatic carbocycles. The fraction of sp³-hybridized carbons (Fsp3) is 0.333. The van der Waals surface area contributed by atoms with Crippen LogP contribution in [-0.2, 0) is 10.2 Å². The molecule has 0 N–H and O–H groups in total. The van der Waals surface area contributed by atoms with Crippen molar-refractivity contribution in [1.29, 1.82) is 0 Å². The van der Waals surface area contributed by atoms with Crippen LogP contribution in [0.4, 0.5) is 0 Å². The molecule has 0 aliphatic carbocycles. The van der Waals surface area contributed by atoms with Crippen molar-refractivity contribution in [2.24, 2.45) is 0 Å². The van der Waals surface area contributed by atoms with E-state index in [1.807, 2.05) is 6.07 Å². The van der Waals surface area contributed by atoms with E-state index in [0.29, 0.717) is 0 Å².